The predicted octanol–water partition coefficient (Wildman–Crippen LogP) is 3.11. The fourth-order valence-electron chi connectivity index (χ4n) is 1.75. The lowest BCUT2D eigenvalue weighted by atomic mass is 10.1. The van der Waals surface area contributed by atoms with E-state index in [9.17, 15) is 0 Å². The smallest absolute Gasteiger partial charge is 0.119 e. The molecule has 3 heteroatoms. The zero-order valence-corrected chi connectivity index (χ0v) is 10.3. The molecule has 0 saturated heterocycles. The average molecular weight is 240 g/mol. The molecule has 1 aromatic carbocycles. The molecule has 1 atom stereocenters. The Hall–Kier alpha value is -0.730. The molecule has 0 aliphatic heterocycles. The van der Waals surface area contributed by atoms with Gasteiger partial charge in [0.2, 0.25) is 0 Å². The van der Waals surface area contributed by atoms with Gasteiger partial charge in [0, 0.05) is 11.1 Å². The second-order valence-corrected chi connectivity index (χ2v) is 4.87. The summed E-state index contributed by atoms with van der Waals surface area (Å²) in [5.41, 5.74) is 0. The van der Waals surface area contributed by atoms with Crippen LogP contribution in [0.1, 0.15) is 19.3 Å². The molecule has 0 radical (unpaired) electrons. The van der Waals surface area contributed by atoms with Crippen molar-refractivity contribution >= 4 is 11.6 Å². The Morgan fingerprint density at radius 1 is 1.38 bits per heavy atom. The Morgan fingerprint density at radius 2 is 2.06 bits per heavy atom. The molecule has 0 aromatic heterocycles. The van der Waals surface area contributed by atoms with Crippen molar-refractivity contribution in [2.75, 3.05) is 13.7 Å². The molecular weight excluding hydrogens is 222 g/mol. The SMILES string of the molecule is CNC(COc1ccc(Cl)cc1)CC1CC1. The summed E-state index contributed by atoms with van der Waals surface area (Å²) < 4.78 is 5.72. The van der Waals surface area contributed by atoms with Crippen LogP contribution >= 0.6 is 11.6 Å². The summed E-state index contributed by atoms with van der Waals surface area (Å²) in [5, 5.41) is 4.05. The van der Waals surface area contributed by atoms with Gasteiger partial charge in [-0.1, -0.05) is 24.4 Å². The van der Waals surface area contributed by atoms with Crippen molar-refractivity contribution < 1.29 is 4.74 Å². The van der Waals surface area contributed by atoms with Crippen molar-refractivity contribution in [1.29, 1.82) is 0 Å². The molecule has 2 rings (SSSR count). The second kappa shape index (κ2) is 5.55. The molecule has 0 heterocycles. The Kier molecular flexibility index (Phi) is 4.08. The van der Waals surface area contributed by atoms with Crippen LogP contribution in [0.3, 0.4) is 0 Å². The third kappa shape index (κ3) is 3.69. The van der Waals surface area contributed by atoms with Crippen molar-refractivity contribution in [3.05, 3.63) is 29.3 Å². The Balaban J connectivity index is 1.77. The quantitative estimate of drug-likeness (QED) is 0.824. The minimum Gasteiger partial charge on any atom is -0.492 e. The van der Waals surface area contributed by atoms with Crippen LogP contribution in [0, 0.1) is 5.92 Å². The molecule has 16 heavy (non-hydrogen) atoms. The summed E-state index contributed by atoms with van der Waals surface area (Å²) >= 11 is 5.81. The summed E-state index contributed by atoms with van der Waals surface area (Å²) in [6.07, 6.45) is 4.00. The fourth-order valence-corrected chi connectivity index (χ4v) is 1.88. The third-order valence-electron chi connectivity index (χ3n) is 2.99. The first kappa shape index (κ1) is 11.7. The maximum absolute atomic E-state index is 5.81. The van der Waals surface area contributed by atoms with E-state index in [1.54, 1.807) is 0 Å². The van der Waals surface area contributed by atoms with Crippen LogP contribution in [0.15, 0.2) is 24.3 Å². The molecule has 1 aliphatic rings. The summed E-state index contributed by atoms with van der Waals surface area (Å²) in [7, 11) is 2.00. The van der Waals surface area contributed by atoms with Crippen LogP contribution in [-0.2, 0) is 0 Å². The van der Waals surface area contributed by atoms with E-state index in [0.717, 1.165) is 23.3 Å². The van der Waals surface area contributed by atoms with Crippen LogP contribution in [-0.4, -0.2) is 19.7 Å². The van der Waals surface area contributed by atoms with Crippen molar-refractivity contribution in [1.82, 2.24) is 5.32 Å². The first-order valence-electron chi connectivity index (χ1n) is 5.83. The van der Waals surface area contributed by atoms with Gasteiger partial charge in [0.05, 0.1) is 0 Å². The number of rotatable bonds is 6. The lowest BCUT2D eigenvalue weighted by Crippen LogP contribution is -2.32. The highest BCUT2D eigenvalue weighted by atomic mass is 35.5. The number of likely N-dealkylation sites (N-methyl/N-ethyl adjacent to an activating group) is 1. The number of nitrogens with one attached hydrogen (secondary N) is 1. The predicted molar refractivity (Wildman–Crippen MR) is 67.1 cm³/mol. The summed E-state index contributed by atoms with van der Waals surface area (Å²) in [5.74, 6) is 1.81. The maximum atomic E-state index is 5.81. The first-order valence-corrected chi connectivity index (χ1v) is 6.21. The van der Waals surface area contributed by atoms with Gasteiger partial charge in [-0.3, -0.25) is 0 Å². The molecule has 0 bridgehead atoms. The van der Waals surface area contributed by atoms with Gasteiger partial charge in [0.25, 0.3) is 0 Å². The fraction of sp³-hybridized carbons (Fsp3) is 0.538. The van der Waals surface area contributed by atoms with Crippen LogP contribution in [0.25, 0.3) is 0 Å². The van der Waals surface area contributed by atoms with Gasteiger partial charge in [0.1, 0.15) is 12.4 Å². The number of halogens is 1. The van der Waals surface area contributed by atoms with Crippen molar-refractivity contribution in [2.24, 2.45) is 5.92 Å². The molecule has 88 valence electrons. The topological polar surface area (TPSA) is 21.3 Å². The summed E-state index contributed by atoms with van der Waals surface area (Å²) in [6, 6.07) is 7.99. The highest BCUT2D eigenvalue weighted by molar-refractivity contribution is 6.30. The van der Waals surface area contributed by atoms with E-state index in [1.165, 1.54) is 19.3 Å². The minimum absolute atomic E-state index is 0.461. The minimum atomic E-state index is 0.461. The molecule has 1 saturated carbocycles. The highest BCUT2D eigenvalue weighted by Crippen LogP contribution is 2.33. The maximum Gasteiger partial charge on any atom is 0.119 e. The third-order valence-corrected chi connectivity index (χ3v) is 3.24. The molecule has 0 amide bonds. The normalized spacial score (nSPS) is 17.1. The van der Waals surface area contributed by atoms with Crippen LogP contribution in [0.4, 0.5) is 0 Å². The lowest BCUT2D eigenvalue weighted by Gasteiger charge is -2.16. The summed E-state index contributed by atoms with van der Waals surface area (Å²) in [4.78, 5) is 0. The van der Waals surface area contributed by atoms with E-state index in [4.69, 9.17) is 16.3 Å². The van der Waals surface area contributed by atoms with Crippen LogP contribution in [0.5, 0.6) is 5.75 Å². The number of hydrogen-bond acceptors (Lipinski definition) is 2. The van der Waals surface area contributed by atoms with Gasteiger partial charge in [0.15, 0.2) is 0 Å². The van der Waals surface area contributed by atoms with E-state index in [0.29, 0.717) is 6.04 Å². The molecule has 1 unspecified atom stereocenters. The number of ether oxygens (including phenoxy) is 1. The van der Waals surface area contributed by atoms with E-state index in [2.05, 4.69) is 5.32 Å². The van der Waals surface area contributed by atoms with Gasteiger partial charge < -0.3 is 10.1 Å². The number of benzene rings is 1. The zero-order chi connectivity index (χ0) is 11.4. The Morgan fingerprint density at radius 3 is 2.62 bits per heavy atom. The average Bonchev–Trinajstić information content (AvgIpc) is 3.10. The molecular formula is C13H18ClNO. The van der Waals surface area contributed by atoms with Gasteiger partial charge in [-0.25, -0.2) is 0 Å². The van der Waals surface area contributed by atoms with Crippen molar-refractivity contribution in [2.45, 2.75) is 25.3 Å². The molecule has 1 fully saturated rings. The molecule has 2 nitrogen and oxygen atoms in total. The van der Waals surface area contributed by atoms with Gasteiger partial charge >= 0.3 is 0 Å². The zero-order valence-electron chi connectivity index (χ0n) is 9.58. The Bertz CT molecular complexity index is 321. The van der Waals surface area contributed by atoms with Crippen LogP contribution < -0.4 is 10.1 Å². The Labute approximate surface area is 102 Å². The van der Waals surface area contributed by atoms with E-state index in [1.807, 2.05) is 31.3 Å². The van der Waals surface area contributed by atoms with Crippen LogP contribution in [0.2, 0.25) is 5.02 Å². The summed E-state index contributed by atoms with van der Waals surface area (Å²) in [6.45, 7) is 0.731. The monoisotopic (exact) mass is 239 g/mol. The van der Waals surface area contributed by atoms with E-state index in [-0.39, 0.29) is 0 Å². The molecule has 0 spiro atoms. The largest absolute Gasteiger partial charge is 0.492 e. The first-order chi connectivity index (χ1) is 7.78. The molecule has 1 aromatic rings. The van der Waals surface area contributed by atoms with Gasteiger partial charge in [-0.15, -0.1) is 0 Å². The van der Waals surface area contributed by atoms with Crippen molar-refractivity contribution in [3.63, 3.8) is 0 Å². The molecule has 1 aliphatic carbocycles. The van der Waals surface area contributed by atoms with Gasteiger partial charge in [-0.2, -0.15) is 0 Å². The standard InChI is InChI=1S/C13H18ClNO/c1-15-12(8-10-2-3-10)9-16-13-6-4-11(14)5-7-13/h4-7,10,12,15H,2-3,8-9H2,1H3. The highest BCUT2D eigenvalue weighted by Gasteiger charge is 2.24. The lowest BCUT2D eigenvalue weighted by molar-refractivity contribution is 0.259. The molecule has 1 N–H and O–H groups in total. The second-order valence-electron chi connectivity index (χ2n) is 4.43. The van der Waals surface area contributed by atoms with E-state index < -0.39 is 0 Å². The van der Waals surface area contributed by atoms with Crippen molar-refractivity contribution in [3.8, 4) is 5.75 Å². The number of hydrogen-bond donors (Lipinski definition) is 1. The van der Waals surface area contributed by atoms with Gasteiger partial charge in [-0.05, 0) is 43.7 Å². The van der Waals surface area contributed by atoms with E-state index >= 15 is 0 Å².